The van der Waals surface area contributed by atoms with Gasteiger partial charge in [-0.2, -0.15) is 0 Å². The molecule has 1 unspecified atom stereocenters. The molecule has 0 aromatic carbocycles. The lowest BCUT2D eigenvalue weighted by molar-refractivity contribution is -0.128. The van der Waals surface area contributed by atoms with Crippen molar-refractivity contribution in [1.82, 2.24) is 9.80 Å². The van der Waals surface area contributed by atoms with Crippen LogP contribution in [0.4, 0.5) is 0 Å². The van der Waals surface area contributed by atoms with Crippen LogP contribution in [-0.2, 0) is 9.53 Å². The highest BCUT2D eigenvalue weighted by molar-refractivity contribution is 6.18. The van der Waals surface area contributed by atoms with Crippen molar-refractivity contribution in [2.24, 2.45) is 5.92 Å². The summed E-state index contributed by atoms with van der Waals surface area (Å²) in [6.45, 7) is 6.25. The van der Waals surface area contributed by atoms with Crippen LogP contribution in [0.25, 0.3) is 0 Å². The molecular formula is C11H19ClN2O2. The second-order valence-corrected chi connectivity index (χ2v) is 4.83. The summed E-state index contributed by atoms with van der Waals surface area (Å²) in [5.41, 5.74) is 0. The van der Waals surface area contributed by atoms with E-state index < -0.39 is 0 Å². The average molecular weight is 247 g/mol. The first kappa shape index (κ1) is 12.1. The fourth-order valence-corrected chi connectivity index (χ4v) is 2.47. The highest BCUT2D eigenvalue weighted by Gasteiger charge is 2.28. The maximum atomic E-state index is 11.6. The molecule has 4 nitrogen and oxygen atoms in total. The fraction of sp³-hybridized carbons (Fsp3) is 0.909. The van der Waals surface area contributed by atoms with Gasteiger partial charge in [-0.15, -0.1) is 11.6 Å². The number of morpholine rings is 1. The van der Waals surface area contributed by atoms with Gasteiger partial charge in [-0.25, -0.2) is 0 Å². The predicted molar refractivity (Wildman–Crippen MR) is 62.7 cm³/mol. The van der Waals surface area contributed by atoms with Crippen molar-refractivity contribution in [3.63, 3.8) is 0 Å². The zero-order valence-electron chi connectivity index (χ0n) is 9.53. The van der Waals surface area contributed by atoms with E-state index >= 15 is 0 Å². The number of carbonyl (C=O) groups is 1. The van der Waals surface area contributed by atoms with E-state index in [2.05, 4.69) is 4.90 Å². The zero-order chi connectivity index (χ0) is 11.4. The van der Waals surface area contributed by atoms with E-state index in [0.29, 0.717) is 18.2 Å². The Bertz CT molecular complexity index is 244. The summed E-state index contributed by atoms with van der Waals surface area (Å²) in [5, 5.41) is 0. The van der Waals surface area contributed by atoms with Gasteiger partial charge in [0.2, 0.25) is 5.91 Å². The average Bonchev–Trinajstić information content (AvgIpc) is 2.69. The highest BCUT2D eigenvalue weighted by Crippen LogP contribution is 2.18. The van der Waals surface area contributed by atoms with Gasteiger partial charge >= 0.3 is 0 Å². The first-order valence-corrected chi connectivity index (χ1v) is 6.47. The van der Waals surface area contributed by atoms with Gasteiger partial charge in [0.05, 0.1) is 13.2 Å². The third-order valence-corrected chi connectivity index (χ3v) is 3.74. The minimum absolute atomic E-state index is 0.263. The maximum absolute atomic E-state index is 11.6. The van der Waals surface area contributed by atoms with E-state index in [1.165, 1.54) is 0 Å². The van der Waals surface area contributed by atoms with Crippen LogP contribution in [-0.4, -0.2) is 67.5 Å². The van der Waals surface area contributed by atoms with Gasteiger partial charge in [-0.05, 0) is 5.92 Å². The number of alkyl halides is 1. The van der Waals surface area contributed by atoms with Gasteiger partial charge in [-0.1, -0.05) is 0 Å². The Morgan fingerprint density at radius 2 is 2.06 bits per heavy atom. The number of halogens is 1. The van der Waals surface area contributed by atoms with Crippen molar-refractivity contribution < 1.29 is 9.53 Å². The maximum Gasteiger partial charge on any atom is 0.223 e. The molecule has 5 heteroatoms. The van der Waals surface area contributed by atoms with Crippen LogP contribution in [0.15, 0.2) is 0 Å². The number of nitrogens with zero attached hydrogens (tertiary/aromatic N) is 2. The molecule has 16 heavy (non-hydrogen) atoms. The first-order valence-electron chi connectivity index (χ1n) is 5.93. The number of hydrogen-bond donors (Lipinski definition) is 0. The molecular weight excluding hydrogens is 228 g/mol. The molecule has 2 rings (SSSR count). The lowest BCUT2D eigenvalue weighted by Gasteiger charge is -2.28. The van der Waals surface area contributed by atoms with Gasteiger partial charge in [0.25, 0.3) is 0 Å². The Labute approximate surface area is 101 Å². The SMILES string of the molecule is O=C1CC(CCl)CN1CCN1CCOCC1. The van der Waals surface area contributed by atoms with Gasteiger partial charge in [0.15, 0.2) is 0 Å². The standard InChI is InChI=1S/C11H19ClN2O2/c12-8-10-7-11(15)14(9-10)2-1-13-3-5-16-6-4-13/h10H,1-9H2. The van der Waals surface area contributed by atoms with Crippen LogP contribution in [0.5, 0.6) is 0 Å². The van der Waals surface area contributed by atoms with Gasteiger partial charge in [0.1, 0.15) is 0 Å². The molecule has 0 radical (unpaired) electrons. The molecule has 2 aliphatic heterocycles. The van der Waals surface area contributed by atoms with Crippen LogP contribution in [0.2, 0.25) is 0 Å². The van der Waals surface area contributed by atoms with Gasteiger partial charge in [0, 0.05) is 45.0 Å². The molecule has 1 amide bonds. The Morgan fingerprint density at radius 1 is 1.31 bits per heavy atom. The topological polar surface area (TPSA) is 32.8 Å². The fourth-order valence-electron chi connectivity index (χ4n) is 2.26. The Balaban J connectivity index is 1.71. The molecule has 0 saturated carbocycles. The second-order valence-electron chi connectivity index (χ2n) is 4.52. The van der Waals surface area contributed by atoms with Crippen molar-refractivity contribution in [3.05, 3.63) is 0 Å². The second kappa shape index (κ2) is 5.84. The molecule has 1 atom stereocenters. The number of rotatable bonds is 4. The van der Waals surface area contributed by atoms with Crippen molar-refractivity contribution in [3.8, 4) is 0 Å². The van der Waals surface area contributed by atoms with Gasteiger partial charge in [-0.3, -0.25) is 9.69 Å². The van der Waals surface area contributed by atoms with E-state index in [1.807, 2.05) is 4.90 Å². The van der Waals surface area contributed by atoms with E-state index in [9.17, 15) is 4.79 Å². The number of ether oxygens (including phenoxy) is 1. The van der Waals surface area contributed by atoms with E-state index in [4.69, 9.17) is 16.3 Å². The summed E-state index contributed by atoms with van der Waals surface area (Å²) in [7, 11) is 0. The molecule has 0 bridgehead atoms. The van der Waals surface area contributed by atoms with Crippen molar-refractivity contribution in [1.29, 1.82) is 0 Å². The van der Waals surface area contributed by atoms with E-state index in [0.717, 1.165) is 45.9 Å². The first-order chi connectivity index (χ1) is 7.79. The molecule has 2 saturated heterocycles. The summed E-state index contributed by atoms with van der Waals surface area (Å²) in [5.74, 6) is 1.22. The van der Waals surface area contributed by atoms with Crippen LogP contribution in [0, 0.1) is 5.92 Å². The summed E-state index contributed by atoms with van der Waals surface area (Å²) in [4.78, 5) is 15.9. The Kier molecular flexibility index (Phi) is 4.44. The van der Waals surface area contributed by atoms with Crippen molar-refractivity contribution >= 4 is 17.5 Å². The third-order valence-electron chi connectivity index (χ3n) is 3.30. The summed E-state index contributed by atoms with van der Waals surface area (Å²) < 4.78 is 5.29. The molecule has 0 aliphatic carbocycles. The number of amides is 1. The smallest absolute Gasteiger partial charge is 0.223 e. The van der Waals surface area contributed by atoms with Crippen LogP contribution >= 0.6 is 11.6 Å². The summed E-state index contributed by atoms with van der Waals surface area (Å²) in [6, 6.07) is 0. The number of hydrogen-bond acceptors (Lipinski definition) is 3. The third kappa shape index (κ3) is 3.09. The molecule has 0 aromatic rings. The van der Waals surface area contributed by atoms with Crippen molar-refractivity contribution in [2.45, 2.75) is 6.42 Å². The number of carbonyl (C=O) groups excluding carboxylic acids is 1. The minimum Gasteiger partial charge on any atom is -0.379 e. The molecule has 2 heterocycles. The van der Waals surface area contributed by atoms with Crippen LogP contribution in [0.3, 0.4) is 0 Å². The van der Waals surface area contributed by atoms with Crippen LogP contribution in [0.1, 0.15) is 6.42 Å². The summed E-state index contributed by atoms with van der Waals surface area (Å²) >= 11 is 5.78. The largest absolute Gasteiger partial charge is 0.379 e. The Hall–Kier alpha value is -0.320. The molecule has 2 fully saturated rings. The van der Waals surface area contributed by atoms with Crippen molar-refractivity contribution in [2.75, 3.05) is 51.8 Å². The Morgan fingerprint density at radius 3 is 2.69 bits per heavy atom. The number of likely N-dealkylation sites (tertiary alicyclic amines) is 1. The minimum atomic E-state index is 0.263. The molecule has 0 spiro atoms. The van der Waals surface area contributed by atoms with Gasteiger partial charge < -0.3 is 9.64 Å². The van der Waals surface area contributed by atoms with E-state index in [-0.39, 0.29) is 5.91 Å². The molecule has 0 aromatic heterocycles. The summed E-state index contributed by atoms with van der Waals surface area (Å²) in [6.07, 6.45) is 0.632. The monoisotopic (exact) mass is 246 g/mol. The normalized spacial score (nSPS) is 27.7. The zero-order valence-corrected chi connectivity index (χ0v) is 10.3. The van der Waals surface area contributed by atoms with E-state index in [1.54, 1.807) is 0 Å². The predicted octanol–water partition coefficient (Wildman–Crippen LogP) is 0.406. The van der Waals surface area contributed by atoms with Crippen LogP contribution < -0.4 is 0 Å². The highest BCUT2D eigenvalue weighted by atomic mass is 35.5. The lowest BCUT2D eigenvalue weighted by Crippen LogP contribution is -2.41. The quantitative estimate of drug-likeness (QED) is 0.674. The lowest BCUT2D eigenvalue weighted by atomic mass is 10.1. The molecule has 0 N–H and O–H groups in total. The molecule has 92 valence electrons. The molecule has 2 aliphatic rings.